The van der Waals surface area contributed by atoms with Crippen LogP contribution in [-0.4, -0.2) is 18.2 Å². The Labute approximate surface area is 114 Å². The normalized spacial score (nSPS) is 12.1. The van der Waals surface area contributed by atoms with Gasteiger partial charge in [-0.25, -0.2) is 4.79 Å². The predicted molar refractivity (Wildman–Crippen MR) is 70.1 cm³/mol. The zero-order valence-corrected chi connectivity index (χ0v) is 10.9. The van der Waals surface area contributed by atoms with E-state index in [0.717, 1.165) is 9.79 Å². The van der Waals surface area contributed by atoms with Crippen LogP contribution in [-0.2, 0) is 4.74 Å². The van der Waals surface area contributed by atoms with Crippen molar-refractivity contribution in [2.24, 2.45) is 0 Å². The maximum Gasteiger partial charge on any atom is 0.337 e. The molecule has 2 aromatic rings. The topological polar surface area (TPSA) is 55.8 Å². The van der Waals surface area contributed by atoms with Gasteiger partial charge in [-0.05, 0) is 36.4 Å². The van der Waals surface area contributed by atoms with E-state index >= 15 is 0 Å². The van der Waals surface area contributed by atoms with Crippen LogP contribution >= 0.6 is 11.8 Å². The third-order valence-corrected chi connectivity index (χ3v) is 3.83. The second-order valence-electron chi connectivity index (χ2n) is 3.99. The van der Waals surface area contributed by atoms with Crippen LogP contribution in [0.4, 0.5) is 0 Å². The molecule has 96 valence electrons. The number of esters is 1. The van der Waals surface area contributed by atoms with Gasteiger partial charge >= 0.3 is 5.97 Å². The van der Waals surface area contributed by atoms with Crippen LogP contribution in [0.3, 0.4) is 0 Å². The van der Waals surface area contributed by atoms with Gasteiger partial charge in [0.15, 0.2) is 0 Å². The number of ether oxygens (including phenoxy) is 2. The van der Waals surface area contributed by atoms with Gasteiger partial charge in [0.25, 0.3) is 0 Å². The van der Waals surface area contributed by atoms with E-state index in [2.05, 4.69) is 4.74 Å². The van der Waals surface area contributed by atoms with E-state index in [4.69, 9.17) is 4.74 Å². The average molecular weight is 274 g/mol. The lowest BCUT2D eigenvalue weighted by Crippen LogP contribution is -2.03. The van der Waals surface area contributed by atoms with Crippen LogP contribution in [0.15, 0.2) is 46.2 Å². The molecule has 0 spiro atoms. The monoisotopic (exact) mass is 274 g/mol. The van der Waals surface area contributed by atoms with E-state index in [1.54, 1.807) is 36.4 Å². The number of phenolic OH excluding ortho intramolecular Hbond substituents is 1. The molecule has 0 atom stereocenters. The molecule has 0 bridgehead atoms. The molecular weight excluding hydrogens is 264 g/mol. The van der Waals surface area contributed by atoms with Crippen LogP contribution in [0.5, 0.6) is 17.2 Å². The molecule has 0 amide bonds. The van der Waals surface area contributed by atoms with Crippen LogP contribution < -0.4 is 4.74 Å². The summed E-state index contributed by atoms with van der Waals surface area (Å²) in [6.07, 6.45) is 0. The highest BCUT2D eigenvalue weighted by molar-refractivity contribution is 7.99. The van der Waals surface area contributed by atoms with Crippen molar-refractivity contribution in [2.75, 3.05) is 7.11 Å². The highest BCUT2D eigenvalue weighted by atomic mass is 32.2. The number of methoxy groups -OCH3 is 1. The lowest BCUT2D eigenvalue weighted by Gasteiger charge is -2.19. The smallest absolute Gasteiger partial charge is 0.337 e. The standard InChI is InChI=1S/C14H10O4S/c1-17-14(16)8-2-5-12-11(6-8)18-10-4-3-9(15)7-13(10)19-12/h2-7,15H,1H3. The Bertz CT molecular complexity index is 666. The molecule has 0 fully saturated rings. The molecule has 0 saturated carbocycles. The molecule has 0 aromatic heterocycles. The summed E-state index contributed by atoms with van der Waals surface area (Å²) >= 11 is 1.49. The van der Waals surface area contributed by atoms with E-state index in [1.807, 2.05) is 0 Å². The first kappa shape index (κ1) is 11.9. The molecule has 1 N–H and O–H groups in total. The Morgan fingerprint density at radius 3 is 2.79 bits per heavy atom. The van der Waals surface area contributed by atoms with Crippen molar-refractivity contribution in [3.05, 3.63) is 42.0 Å². The van der Waals surface area contributed by atoms with Gasteiger partial charge < -0.3 is 14.6 Å². The molecule has 5 heteroatoms. The van der Waals surface area contributed by atoms with Gasteiger partial charge in [0, 0.05) is 0 Å². The van der Waals surface area contributed by atoms with Crippen LogP contribution in [0, 0.1) is 0 Å². The van der Waals surface area contributed by atoms with Gasteiger partial charge in [-0.3, -0.25) is 0 Å². The van der Waals surface area contributed by atoms with Gasteiger partial charge in [0.2, 0.25) is 0 Å². The number of hydrogen-bond acceptors (Lipinski definition) is 5. The van der Waals surface area contributed by atoms with Gasteiger partial charge in [0.05, 0.1) is 22.5 Å². The summed E-state index contributed by atoms with van der Waals surface area (Å²) in [7, 11) is 1.34. The van der Waals surface area contributed by atoms with E-state index < -0.39 is 5.97 Å². The summed E-state index contributed by atoms with van der Waals surface area (Å²) in [6, 6.07) is 10.1. The third-order valence-electron chi connectivity index (χ3n) is 2.73. The van der Waals surface area contributed by atoms with Crippen LogP contribution in [0.2, 0.25) is 0 Å². The minimum Gasteiger partial charge on any atom is -0.508 e. The van der Waals surface area contributed by atoms with Crippen molar-refractivity contribution in [3.63, 3.8) is 0 Å². The maximum absolute atomic E-state index is 11.5. The minimum atomic E-state index is -0.395. The van der Waals surface area contributed by atoms with Crippen LogP contribution in [0.25, 0.3) is 0 Å². The minimum absolute atomic E-state index is 0.199. The lowest BCUT2D eigenvalue weighted by molar-refractivity contribution is 0.0600. The van der Waals surface area contributed by atoms with E-state index in [1.165, 1.54) is 18.9 Å². The molecule has 1 heterocycles. The molecule has 3 rings (SSSR count). The quantitative estimate of drug-likeness (QED) is 0.689. The van der Waals surface area contributed by atoms with Crippen molar-refractivity contribution in [1.29, 1.82) is 0 Å². The van der Waals surface area contributed by atoms with Crippen molar-refractivity contribution in [3.8, 4) is 17.2 Å². The first-order valence-electron chi connectivity index (χ1n) is 5.58. The number of rotatable bonds is 1. The van der Waals surface area contributed by atoms with Gasteiger partial charge in [-0.2, -0.15) is 0 Å². The molecule has 0 radical (unpaired) electrons. The summed E-state index contributed by atoms with van der Waals surface area (Å²) in [6.45, 7) is 0. The van der Waals surface area contributed by atoms with Crippen molar-refractivity contribution in [1.82, 2.24) is 0 Å². The number of benzene rings is 2. The number of carbonyl (C=O) groups is 1. The SMILES string of the molecule is COC(=O)c1ccc2c(c1)Oc1ccc(O)cc1S2. The number of fused-ring (bicyclic) bond motifs is 2. The summed E-state index contributed by atoms with van der Waals surface area (Å²) in [5.74, 6) is 1.08. The Kier molecular flexibility index (Phi) is 2.83. The summed E-state index contributed by atoms with van der Waals surface area (Å²) in [5.41, 5.74) is 0.448. The average Bonchev–Trinajstić information content (AvgIpc) is 2.43. The Hall–Kier alpha value is -2.14. The summed E-state index contributed by atoms with van der Waals surface area (Å²) < 4.78 is 10.4. The van der Waals surface area contributed by atoms with Crippen molar-refractivity contribution >= 4 is 17.7 Å². The zero-order valence-electron chi connectivity index (χ0n) is 10.0. The zero-order chi connectivity index (χ0) is 13.4. The first-order valence-corrected chi connectivity index (χ1v) is 6.40. The molecular formula is C14H10O4S. The van der Waals surface area contributed by atoms with Crippen molar-refractivity contribution in [2.45, 2.75) is 9.79 Å². The number of carbonyl (C=O) groups excluding carboxylic acids is 1. The van der Waals surface area contributed by atoms with E-state index in [0.29, 0.717) is 17.1 Å². The second kappa shape index (κ2) is 4.51. The lowest BCUT2D eigenvalue weighted by atomic mass is 10.2. The molecule has 19 heavy (non-hydrogen) atoms. The molecule has 2 aromatic carbocycles. The number of phenols is 1. The Morgan fingerprint density at radius 1 is 1.16 bits per heavy atom. The number of hydrogen-bond donors (Lipinski definition) is 1. The fraction of sp³-hybridized carbons (Fsp3) is 0.0714. The summed E-state index contributed by atoms with van der Waals surface area (Å²) in [4.78, 5) is 13.2. The number of aromatic hydroxyl groups is 1. The van der Waals surface area contributed by atoms with Crippen LogP contribution in [0.1, 0.15) is 10.4 Å². The maximum atomic E-state index is 11.5. The third kappa shape index (κ3) is 2.13. The van der Waals surface area contributed by atoms with E-state index in [9.17, 15) is 9.90 Å². The highest BCUT2D eigenvalue weighted by Gasteiger charge is 2.20. The fourth-order valence-electron chi connectivity index (χ4n) is 1.81. The highest BCUT2D eigenvalue weighted by Crippen LogP contribution is 2.48. The first-order chi connectivity index (χ1) is 9.17. The second-order valence-corrected chi connectivity index (χ2v) is 5.07. The summed E-state index contributed by atoms with van der Waals surface area (Å²) in [5, 5.41) is 9.45. The Balaban J connectivity index is 2.00. The largest absolute Gasteiger partial charge is 0.508 e. The Morgan fingerprint density at radius 2 is 2.00 bits per heavy atom. The van der Waals surface area contributed by atoms with E-state index in [-0.39, 0.29) is 5.75 Å². The van der Waals surface area contributed by atoms with Gasteiger partial charge in [0.1, 0.15) is 17.2 Å². The van der Waals surface area contributed by atoms with Gasteiger partial charge in [-0.1, -0.05) is 11.8 Å². The molecule has 0 unspecified atom stereocenters. The van der Waals surface area contributed by atoms with Gasteiger partial charge in [-0.15, -0.1) is 0 Å². The molecule has 1 aliphatic heterocycles. The fourth-order valence-corrected chi connectivity index (χ4v) is 2.78. The molecule has 4 nitrogen and oxygen atoms in total. The molecule has 1 aliphatic rings. The molecule has 0 aliphatic carbocycles. The van der Waals surface area contributed by atoms with Crippen molar-refractivity contribution < 1.29 is 19.4 Å². The predicted octanol–water partition coefficient (Wildman–Crippen LogP) is 3.44. The molecule has 0 saturated heterocycles.